The molecule has 1 aromatic heterocycles. The van der Waals surface area contributed by atoms with Gasteiger partial charge in [0.1, 0.15) is 0 Å². The van der Waals surface area contributed by atoms with E-state index in [1.165, 1.54) is 17.8 Å². The molecule has 0 spiro atoms. The fraction of sp³-hybridized carbons (Fsp3) is 0.727. The van der Waals surface area contributed by atoms with Crippen molar-refractivity contribution in [2.24, 2.45) is 5.41 Å². The Morgan fingerprint density at radius 2 is 2.43 bits per heavy atom. The highest BCUT2D eigenvalue weighted by molar-refractivity contribution is 5.22. The van der Waals surface area contributed by atoms with E-state index in [4.69, 9.17) is 0 Å². The van der Waals surface area contributed by atoms with Crippen molar-refractivity contribution in [1.29, 1.82) is 0 Å². The van der Waals surface area contributed by atoms with Crippen LogP contribution in [0.2, 0.25) is 0 Å². The van der Waals surface area contributed by atoms with Gasteiger partial charge in [-0.15, -0.1) is 0 Å². The number of aromatic amines is 1. The van der Waals surface area contributed by atoms with Crippen LogP contribution in [0.3, 0.4) is 0 Å². The molecule has 0 saturated carbocycles. The lowest BCUT2D eigenvalue weighted by Crippen LogP contribution is -2.30. The van der Waals surface area contributed by atoms with Crippen LogP contribution < -0.4 is 5.32 Å². The van der Waals surface area contributed by atoms with E-state index in [1.54, 1.807) is 0 Å². The second kappa shape index (κ2) is 3.39. The summed E-state index contributed by atoms with van der Waals surface area (Å²) in [5.41, 5.74) is 3.02. The maximum Gasteiger partial charge on any atom is 0.0925 e. The van der Waals surface area contributed by atoms with Gasteiger partial charge < -0.3 is 10.3 Å². The molecule has 78 valence electrons. The number of aromatic nitrogens is 2. The summed E-state index contributed by atoms with van der Waals surface area (Å²) < 4.78 is 0. The van der Waals surface area contributed by atoms with Gasteiger partial charge in [-0.1, -0.05) is 13.8 Å². The SMILES string of the molecule is CNCC1CC(C)(C)Cc2[nH]cnc21. The number of nitrogens with zero attached hydrogens (tertiary/aromatic N) is 1. The molecule has 2 rings (SSSR count). The fourth-order valence-corrected chi connectivity index (χ4v) is 2.55. The Labute approximate surface area is 85.3 Å². The molecule has 1 atom stereocenters. The maximum absolute atomic E-state index is 4.43. The molecule has 3 heteroatoms. The van der Waals surface area contributed by atoms with Crippen LogP contribution in [-0.4, -0.2) is 23.6 Å². The van der Waals surface area contributed by atoms with Crippen molar-refractivity contribution in [3.05, 3.63) is 17.7 Å². The largest absolute Gasteiger partial charge is 0.348 e. The van der Waals surface area contributed by atoms with Crippen molar-refractivity contribution in [2.45, 2.75) is 32.6 Å². The maximum atomic E-state index is 4.43. The molecule has 0 aliphatic heterocycles. The highest BCUT2D eigenvalue weighted by atomic mass is 14.9. The van der Waals surface area contributed by atoms with Gasteiger partial charge in [-0.05, 0) is 25.3 Å². The Morgan fingerprint density at radius 1 is 1.64 bits per heavy atom. The van der Waals surface area contributed by atoms with E-state index in [0.29, 0.717) is 11.3 Å². The topological polar surface area (TPSA) is 40.7 Å². The summed E-state index contributed by atoms with van der Waals surface area (Å²) in [6, 6.07) is 0. The van der Waals surface area contributed by atoms with Gasteiger partial charge in [0.2, 0.25) is 0 Å². The first-order valence-electron chi connectivity index (χ1n) is 5.29. The first-order chi connectivity index (χ1) is 6.62. The lowest BCUT2D eigenvalue weighted by molar-refractivity contribution is 0.273. The quantitative estimate of drug-likeness (QED) is 0.750. The minimum Gasteiger partial charge on any atom is -0.348 e. The lowest BCUT2D eigenvalue weighted by atomic mass is 9.73. The number of H-pyrrole nitrogens is 1. The molecule has 3 nitrogen and oxygen atoms in total. The van der Waals surface area contributed by atoms with E-state index in [1.807, 2.05) is 13.4 Å². The molecule has 1 aromatic rings. The zero-order valence-corrected chi connectivity index (χ0v) is 9.22. The van der Waals surface area contributed by atoms with Crippen LogP contribution in [-0.2, 0) is 6.42 Å². The van der Waals surface area contributed by atoms with Crippen LogP contribution in [0.4, 0.5) is 0 Å². The van der Waals surface area contributed by atoms with Crippen LogP contribution >= 0.6 is 0 Å². The van der Waals surface area contributed by atoms with Crippen LogP contribution in [0.25, 0.3) is 0 Å². The first kappa shape index (κ1) is 9.71. The number of likely N-dealkylation sites (N-methyl/N-ethyl adjacent to an activating group) is 1. The first-order valence-corrected chi connectivity index (χ1v) is 5.29. The third kappa shape index (κ3) is 1.69. The van der Waals surface area contributed by atoms with Gasteiger partial charge in [0.05, 0.1) is 12.0 Å². The summed E-state index contributed by atoms with van der Waals surface area (Å²) in [6.07, 6.45) is 4.18. The Bertz CT molecular complexity index is 314. The van der Waals surface area contributed by atoms with Gasteiger partial charge in [0.15, 0.2) is 0 Å². The number of hydrogen-bond acceptors (Lipinski definition) is 2. The Morgan fingerprint density at radius 3 is 3.14 bits per heavy atom. The van der Waals surface area contributed by atoms with Crippen molar-refractivity contribution < 1.29 is 0 Å². The van der Waals surface area contributed by atoms with E-state index in [2.05, 4.69) is 29.1 Å². The summed E-state index contributed by atoms with van der Waals surface area (Å²) in [7, 11) is 2.01. The zero-order valence-electron chi connectivity index (χ0n) is 9.22. The van der Waals surface area contributed by atoms with Crippen LogP contribution in [0, 0.1) is 5.41 Å². The van der Waals surface area contributed by atoms with Gasteiger partial charge in [0.25, 0.3) is 0 Å². The predicted octanol–water partition coefficient (Wildman–Crippen LogP) is 1.69. The van der Waals surface area contributed by atoms with Crippen molar-refractivity contribution >= 4 is 0 Å². The van der Waals surface area contributed by atoms with Crippen LogP contribution in [0.5, 0.6) is 0 Å². The highest BCUT2D eigenvalue weighted by Crippen LogP contribution is 2.39. The summed E-state index contributed by atoms with van der Waals surface area (Å²) in [4.78, 5) is 7.69. The second-order valence-electron chi connectivity index (χ2n) is 5.07. The molecule has 1 unspecified atom stereocenters. The molecule has 1 aliphatic rings. The predicted molar refractivity (Wildman–Crippen MR) is 57.4 cm³/mol. The van der Waals surface area contributed by atoms with Gasteiger partial charge in [0, 0.05) is 18.2 Å². The van der Waals surface area contributed by atoms with Crippen LogP contribution in [0.1, 0.15) is 37.6 Å². The van der Waals surface area contributed by atoms with Crippen molar-refractivity contribution in [2.75, 3.05) is 13.6 Å². The molecular formula is C11H19N3. The normalized spacial score (nSPS) is 24.6. The van der Waals surface area contributed by atoms with E-state index in [-0.39, 0.29) is 0 Å². The minimum atomic E-state index is 0.404. The number of fused-ring (bicyclic) bond motifs is 1. The van der Waals surface area contributed by atoms with E-state index < -0.39 is 0 Å². The summed E-state index contributed by atoms with van der Waals surface area (Å²) in [5.74, 6) is 0.574. The molecule has 0 saturated heterocycles. The van der Waals surface area contributed by atoms with Crippen LogP contribution in [0.15, 0.2) is 6.33 Å². The van der Waals surface area contributed by atoms with Gasteiger partial charge in [-0.2, -0.15) is 0 Å². The van der Waals surface area contributed by atoms with Gasteiger partial charge in [-0.3, -0.25) is 0 Å². The van der Waals surface area contributed by atoms with Crippen molar-refractivity contribution in [3.63, 3.8) is 0 Å². The summed E-state index contributed by atoms with van der Waals surface area (Å²) >= 11 is 0. The molecule has 0 bridgehead atoms. The average Bonchev–Trinajstić information content (AvgIpc) is 2.50. The Balaban J connectivity index is 2.28. The highest BCUT2D eigenvalue weighted by Gasteiger charge is 2.33. The van der Waals surface area contributed by atoms with Crippen molar-refractivity contribution in [1.82, 2.24) is 15.3 Å². The summed E-state index contributed by atoms with van der Waals surface area (Å²) in [5, 5.41) is 3.25. The molecule has 0 amide bonds. The van der Waals surface area contributed by atoms with Gasteiger partial charge in [-0.25, -0.2) is 4.98 Å². The second-order valence-corrected chi connectivity index (χ2v) is 5.07. The summed E-state index contributed by atoms with van der Waals surface area (Å²) in [6.45, 7) is 5.69. The molecule has 0 radical (unpaired) electrons. The van der Waals surface area contributed by atoms with E-state index >= 15 is 0 Å². The lowest BCUT2D eigenvalue weighted by Gasteiger charge is -2.34. The molecule has 1 aliphatic carbocycles. The molecule has 0 aromatic carbocycles. The van der Waals surface area contributed by atoms with E-state index in [9.17, 15) is 0 Å². The zero-order chi connectivity index (χ0) is 10.2. The monoisotopic (exact) mass is 193 g/mol. The molecular weight excluding hydrogens is 174 g/mol. The molecule has 0 fully saturated rings. The van der Waals surface area contributed by atoms with Gasteiger partial charge >= 0.3 is 0 Å². The third-order valence-electron chi connectivity index (χ3n) is 3.04. The molecule has 2 N–H and O–H groups in total. The van der Waals surface area contributed by atoms with E-state index in [0.717, 1.165) is 13.0 Å². The number of nitrogens with one attached hydrogen (secondary N) is 2. The van der Waals surface area contributed by atoms with Crippen molar-refractivity contribution in [3.8, 4) is 0 Å². The fourth-order valence-electron chi connectivity index (χ4n) is 2.55. The third-order valence-corrected chi connectivity index (χ3v) is 3.04. The average molecular weight is 193 g/mol. The smallest absolute Gasteiger partial charge is 0.0925 e. The molecule has 1 heterocycles. The molecule has 14 heavy (non-hydrogen) atoms. The minimum absolute atomic E-state index is 0.404. The number of hydrogen-bond donors (Lipinski definition) is 2. The Kier molecular flexibility index (Phi) is 2.35. The number of rotatable bonds is 2. The standard InChI is InChI=1S/C11H19N3/c1-11(2)4-8(6-12-3)10-9(5-11)13-7-14-10/h7-8,12H,4-6H2,1-3H3,(H,13,14). The number of imidazole rings is 1. The Hall–Kier alpha value is -0.830.